The standard InChI is InChI=1S/C14H23N3O2/c1-10(2)16-11-7-13(18)17(15-8-11)9-12-5-6-14(3,4)19-12/h7-8,10,12,16H,5-6,9H2,1-4H3. The smallest absolute Gasteiger partial charge is 0.268 e. The van der Waals surface area contributed by atoms with E-state index in [2.05, 4.69) is 24.3 Å². The Balaban J connectivity index is 2.04. The van der Waals surface area contributed by atoms with Crippen molar-refractivity contribution >= 4 is 5.69 Å². The quantitative estimate of drug-likeness (QED) is 0.905. The zero-order valence-electron chi connectivity index (χ0n) is 12.1. The second-order valence-electron chi connectivity index (χ2n) is 6.10. The molecule has 0 spiro atoms. The number of anilines is 1. The summed E-state index contributed by atoms with van der Waals surface area (Å²) in [7, 11) is 0. The van der Waals surface area contributed by atoms with Gasteiger partial charge in [0.25, 0.3) is 5.56 Å². The van der Waals surface area contributed by atoms with Crippen molar-refractivity contribution in [3.05, 3.63) is 22.6 Å². The maximum Gasteiger partial charge on any atom is 0.268 e. The fourth-order valence-electron chi connectivity index (χ4n) is 2.38. The summed E-state index contributed by atoms with van der Waals surface area (Å²) in [5.74, 6) is 0. The predicted octanol–water partition coefficient (Wildman–Crippen LogP) is 2.02. The average molecular weight is 265 g/mol. The first-order valence-corrected chi connectivity index (χ1v) is 6.87. The van der Waals surface area contributed by atoms with Crippen LogP contribution in [0, 0.1) is 0 Å². The number of hydrogen-bond donors (Lipinski definition) is 1. The molecule has 1 saturated heterocycles. The third kappa shape index (κ3) is 3.80. The SMILES string of the molecule is CC(C)Nc1cnn(CC2CCC(C)(C)O2)c(=O)c1. The van der Waals surface area contributed by atoms with E-state index in [0.29, 0.717) is 6.54 Å². The maximum atomic E-state index is 12.0. The van der Waals surface area contributed by atoms with Crippen LogP contribution in [-0.4, -0.2) is 27.5 Å². The summed E-state index contributed by atoms with van der Waals surface area (Å²) < 4.78 is 7.37. The van der Waals surface area contributed by atoms with Crippen LogP contribution in [0.3, 0.4) is 0 Å². The molecule has 19 heavy (non-hydrogen) atoms. The van der Waals surface area contributed by atoms with Gasteiger partial charge >= 0.3 is 0 Å². The monoisotopic (exact) mass is 265 g/mol. The minimum Gasteiger partial charge on any atom is -0.381 e. The highest BCUT2D eigenvalue weighted by Crippen LogP contribution is 2.29. The van der Waals surface area contributed by atoms with Crippen LogP contribution in [0.15, 0.2) is 17.1 Å². The molecule has 1 N–H and O–H groups in total. The fraction of sp³-hybridized carbons (Fsp3) is 0.714. The molecule has 1 aliphatic rings. The van der Waals surface area contributed by atoms with Gasteiger partial charge in [0.1, 0.15) is 0 Å². The minimum atomic E-state index is -0.0843. The summed E-state index contributed by atoms with van der Waals surface area (Å²) in [4.78, 5) is 12.0. The van der Waals surface area contributed by atoms with Crippen LogP contribution in [0.25, 0.3) is 0 Å². The number of ether oxygens (including phenoxy) is 1. The van der Waals surface area contributed by atoms with Crippen molar-refractivity contribution in [2.45, 2.75) is 64.8 Å². The van der Waals surface area contributed by atoms with E-state index in [9.17, 15) is 4.79 Å². The topological polar surface area (TPSA) is 56.1 Å². The summed E-state index contributed by atoms with van der Waals surface area (Å²) in [6.45, 7) is 8.75. The number of aromatic nitrogens is 2. The normalized spacial score (nSPS) is 21.8. The highest BCUT2D eigenvalue weighted by molar-refractivity contribution is 5.39. The molecule has 2 heterocycles. The van der Waals surface area contributed by atoms with E-state index in [4.69, 9.17) is 4.74 Å². The van der Waals surface area contributed by atoms with Crippen molar-refractivity contribution in [1.82, 2.24) is 9.78 Å². The van der Waals surface area contributed by atoms with Crippen LogP contribution in [0.1, 0.15) is 40.5 Å². The van der Waals surface area contributed by atoms with Gasteiger partial charge in [-0.3, -0.25) is 4.79 Å². The lowest BCUT2D eigenvalue weighted by molar-refractivity contribution is -0.0235. The van der Waals surface area contributed by atoms with Crippen LogP contribution in [0.2, 0.25) is 0 Å². The van der Waals surface area contributed by atoms with E-state index in [0.717, 1.165) is 18.5 Å². The first kappa shape index (κ1) is 14.1. The largest absolute Gasteiger partial charge is 0.381 e. The van der Waals surface area contributed by atoms with Gasteiger partial charge in [0.2, 0.25) is 0 Å². The fourth-order valence-corrected chi connectivity index (χ4v) is 2.38. The lowest BCUT2D eigenvalue weighted by atomic mass is 10.1. The predicted molar refractivity (Wildman–Crippen MR) is 75.4 cm³/mol. The summed E-state index contributed by atoms with van der Waals surface area (Å²) in [6.07, 6.45) is 3.79. The van der Waals surface area contributed by atoms with E-state index < -0.39 is 0 Å². The average Bonchev–Trinajstić information content (AvgIpc) is 2.61. The molecule has 2 rings (SSSR count). The summed E-state index contributed by atoms with van der Waals surface area (Å²) in [6, 6.07) is 1.88. The molecule has 1 atom stereocenters. The number of rotatable bonds is 4. The van der Waals surface area contributed by atoms with Crippen molar-refractivity contribution in [3.63, 3.8) is 0 Å². The Bertz CT molecular complexity index is 494. The van der Waals surface area contributed by atoms with E-state index >= 15 is 0 Å². The molecule has 5 nitrogen and oxygen atoms in total. The van der Waals surface area contributed by atoms with Crippen LogP contribution >= 0.6 is 0 Å². The van der Waals surface area contributed by atoms with Gasteiger partial charge in [0, 0.05) is 12.1 Å². The van der Waals surface area contributed by atoms with E-state index in [-0.39, 0.29) is 23.3 Å². The Hall–Kier alpha value is -1.36. The van der Waals surface area contributed by atoms with Crippen LogP contribution < -0.4 is 10.9 Å². The highest BCUT2D eigenvalue weighted by atomic mass is 16.5. The lowest BCUT2D eigenvalue weighted by Gasteiger charge is -2.19. The molecule has 0 amide bonds. The first-order chi connectivity index (χ1) is 8.85. The van der Waals surface area contributed by atoms with Crippen molar-refractivity contribution in [3.8, 4) is 0 Å². The molecule has 106 valence electrons. The minimum absolute atomic E-state index is 0.0760. The zero-order valence-corrected chi connectivity index (χ0v) is 12.1. The van der Waals surface area contributed by atoms with Crippen LogP contribution in [0.4, 0.5) is 5.69 Å². The molecular formula is C14H23N3O2. The van der Waals surface area contributed by atoms with E-state index in [1.807, 2.05) is 13.8 Å². The lowest BCUT2D eigenvalue weighted by Crippen LogP contribution is -2.30. The zero-order chi connectivity index (χ0) is 14.0. The molecule has 5 heteroatoms. The van der Waals surface area contributed by atoms with Crippen LogP contribution in [0.5, 0.6) is 0 Å². The third-order valence-corrected chi connectivity index (χ3v) is 3.26. The van der Waals surface area contributed by atoms with Gasteiger partial charge in [0.05, 0.1) is 30.1 Å². The molecule has 0 aromatic carbocycles. The number of nitrogens with one attached hydrogen (secondary N) is 1. The van der Waals surface area contributed by atoms with Crippen LogP contribution in [-0.2, 0) is 11.3 Å². The summed E-state index contributed by atoms with van der Waals surface area (Å²) in [5, 5.41) is 7.38. The Kier molecular flexibility index (Phi) is 3.94. The second kappa shape index (κ2) is 5.33. The Labute approximate surface area is 114 Å². The van der Waals surface area contributed by atoms with Gasteiger partial charge < -0.3 is 10.1 Å². The molecule has 1 unspecified atom stereocenters. The Morgan fingerprint density at radius 3 is 2.84 bits per heavy atom. The molecule has 0 bridgehead atoms. The number of nitrogens with zero attached hydrogens (tertiary/aromatic N) is 2. The van der Waals surface area contributed by atoms with Gasteiger partial charge in [-0.05, 0) is 40.5 Å². The van der Waals surface area contributed by atoms with Crippen molar-refractivity contribution in [1.29, 1.82) is 0 Å². The van der Waals surface area contributed by atoms with Gasteiger partial charge in [-0.25, -0.2) is 4.68 Å². The molecule has 1 aromatic heterocycles. The van der Waals surface area contributed by atoms with Crippen molar-refractivity contribution in [2.75, 3.05) is 5.32 Å². The summed E-state index contributed by atoms with van der Waals surface area (Å²) in [5.41, 5.74) is 0.607. The molecule has 0 radical (unpaired) electrons. The molecule has 1 aromatic rings. The molecule has 1 fully saturated rings. The van der Waals surface area contributed by atoms with Gasteiger partial charge in [-0.15, -0.1) is 0 Å². The van der Waals surface area contributed by atoms with Gasteiger partial charge in [0.15, 0.2) is 0 Å². The summed E-state index contributed by atoms with van der Waals surface area (Å²) >= 11 is 0. The first-order valence-electron chi connectivity index (χ1n) is 6.87. The highest BCUT2D eigenvalue weighted by Gasteiger charge is 2.31. The molecule has 0 aliphatic carbocycles. The Morgan fingerprint density at radius 2 is 2.32 bits per heavy atom. The van der Waals surface area contributed by atoms with Gasteiger partial charge in [-0.2, -0.15) is 5.10 Å². The maximum absolute atomic E-state index is 12.0. The second-order valence-corrected chi connectivity index (χ2v) is 6.10. The van der Waals surface area contributed by atoms with Gasteiger partial charge in [-0.1, -0.05) is 0 Å². The van der Waals surface area contributed by atoms with E-state index in [1.54, 1.807) is 12.3 Å². The molecule has 0 saturated carbocycles. The van der Waals surface area contributed by atoms with Crippen molar-refractivity contribution in [2.24, 2.45) is 0 Å². The third-order valence-electron chi connectivity index (χ3n) is 3.26. The van der Waals surface area contributed by atoms with E-state index in [1.165, 1.54) is 4.68 Å². The van der Waals surface area contributed by atoms with Crippen molar-refractivity contribution < 1.29 is 4.74 Å². The number of hydrogen-bond acceptors (Lipinski definition) is 4. The molecular weight excluding hydrogens is 242 g/mol. The Morgan fingerprint density at radius 1 is 1.58 bits per heavy atom. The molecule has 1 aliphatic heterocycles.